The highest BCUT2D eigenvalue weighted by molar-refractivity contribution is 5.83. The van der Waals surface area contributed by atoms with Crippen LogP contribution in [0.4, 0.5) is 5.69 Å². The number of benzene rings is 3. The van der Waals surface area contributed by atoms with E-state index in [1.807, 2.05) is 25.1 Å². The number of hydrogen-bond acceptors (Lipinski definition) is 7. The molecule has 4 rings (SSSR count). The number of aryl methyl sites for hydroxylation is 1. The summed E-state index contributed by atoms with van der Waals surface area (Å²) in [6.07, 6.45) is 1.40. The second-order valence-electron chi connectivity index (χ2n) is 8.57. The molecule has 1 aromatic heterocycles. The maximum absolute atomic E-state index is 13.5. The van der Waals surface area contributed by atoms with Gasteiger partial charge in [0.05, 0.1) is 36.3 Å². The molecule has 0 saturated heterocycles. The van der Waals surface area contributed by atoms with E-state index in [9.17, 15) is 14.9 Å². The van der Waals surface area contributed by atoms with Gasteiger partial charge in [-0.1, -0.05) is 26.0 Å². The van der Waals surface area contributed by atoms with Gasteiger partial charge in [0.25, 0.3) is 5.56 Å². The first kappa shape index (κ1) is 24.6. The lowest BCUT2D eigenvalue weighted by molar-refractivity contribution is -0.385. The number of methoxy groups -OCH3 is 2. The molecule has 36 heavy (non-hydrogen) atoms. The summed E-state index contributed by atoms with van der Waals surface area (Å²) in [6, 6.07) is 15.4. The third-order valence-corrected chi connectivity index (χ3v) is 5.92. The van der Waals surface area contributed by atoms with E-state index in [1.54, 1.807) is 31.4 Å². The fraction of sp³-hybridized carbons (Fsp3) is 0.222. The zero-order valence-electron chi connectivity index (χ0n) is 20.7. The quantitative estimate of drug-likeness (QED) is 0.199. The Morgan fingerprint density at radius 2 is 1.78 bits per heavy atom. The Hall–Kier alpha value is -4.53. The van der Waals surface area contributed by atoms with Gasteiger partial charge in [0.2, 0.25) is 0 Å². The van der Waals surface area contributed by atoms with Crippen LogP contribution in [0.2, 0.25) is 0 Å². The maximum Gasteiger partial charge on any atom is 0.311 e. The summed E-state index contributed by atoms with van der Waals surface area (Å²) in [5, 5.41) is 16.3. The molecule has 0 bridgehead atoms. The molecule has 1 heterocycles. The van der Waals surface area contributed by atoms with Gasteiger partial charge in [0, 0.05) is 17.2 Å². The highest BCUT2D eigenvalue weighted by Crippen LogP contribution is 2.34. The normalized spacial score (nSPS) is 11.4. The Bertz CT molecular complexity index is 1560. The highest BCUT2D eigenvalue weighted by atomic mass is 16.6. The van der Waals surface area contributed by atoms with Crippen molar-refractivity contribution in [3.63, 3.8) is 0 Å². The first-order valence-electron chi connectivity index (χ1n) is 11.3. The molecule has 4 aromatic rings. The predicted molar refractivity (Wildman–Crippen MR) is 139 cm³/mol. The van der Waals surface area contributed by atoms with Crippen molar-refractivity contribution >= 4 is 22.8 Å². The summed E-state index contributed by atoms with van der Waals surface area (Å²) < 4.78 is 11.9. The molecule has 3 aromatic carbocycles. The number of fused-ring (bicyclic) bond motifs is 1. The number of para-hydroxylation sites is 1. The summed E-state index contributed by atoms with van der Waals surface area (Å²) in [4.78, 5) is 29.2. The van der Waals surface area contributed by atoms with Crippen molar-refractivity contribution in [2.24, 2.45) is 5.10 Å². The van der Waals surface area contributed by atoms with Crippen LogP contribution in [-0.4, -0.2) is 35.0 Å². The lowest BCUT2D eigenvalue weighted by Gasteiger charge is -2.17. The van der Waals surface area contributed by atoms with Crippen LogP contribution in [-0.2, 0) is 0 Å². The molecular formula is C27H26N4O5. The van der Waals surface area contributed by atoms with Gasteiger partial charge in [0.15, 0.2) is 11.6 Å². The number of rotatable bonds is 7. The van der Waals surface area contributed by atoms with Gasteiger partial charge in [-0.25, -0.2) is 4.98 Å². The van der Waals surface area contributed by atoms with E-state index in [0.29, 0.717) is 22.3 Å². The van der Waals surface area contributed by atoms with E-state index in [-0.39, 0.29) is 22.9 Å². The SMILES string of the molecule is COc1cc(C)c(-c2nc3ccccc3c(=O)n2N=Cc2ccc(OC)c([N+](=O)[O-])c2)cc1C(C)C. The zero-order valence-corrected chi connectivity index (χ0v) is 20.7. The van der Waals surface area contributed by atoms with Crippen molar-refractivity contribution in [2.45, 2.75) is 26.7 Å². The molecule has 0 unspecified atom stereocenters. The van der Waals surface area contributed by atoms with E-state index in [1.165, 1.54) is 30.1 Å². The summed E-state index contributed by atoms with van der Waals surface area (Å²) in [6.45, 7) is 6.05. The first-order chi connectivity index (χ1) is 17.2. The lowest BCUT2D eigenvalue weighted by atomic mass is 9.96. The van der Waals surface area contributed by atoms with Crippen LogP contribution in [0.15, 0.2) is 64.5 Å². The largest absolute Gasteiger partial charge is 0.496 e. The van der Waals surface area contributed by atoms with Crippen LogP contribution in [0.1, 0.15) is 36.5 Å². The van der Waals surface area contributed by atoms with Crippen molar-refractivity contribution in [3.05, 3.63) is 91.8 Å². The Balaban J connectivity index is 1.96. The monoisotopic (exact) mass is 486 g/mol. The summed E-state index contributed by atoms with van der Waals surface area (Å²) in [7, 11) is 2.99. The second kappa shape index (κ2) is 9.99. The molecule has 9 heteroatoms. The molecule has 0 amide bonds. The van der Waals surface area contributed by atoms with Crippen molar-refractivity contribution in [3.8, 4) is 22.9 Å². The number of nitro benzene ring substituents is 1. The Kier molecular flexibility index (Phi) is 6.82. The summed E-state index contributed by atoms with van der Waals surface area (Å²) >= 11 is 0. The molecule has 0 aliphatic rings. The van der Waals surface area contributed by atoms with E-state index < -0.39 is 4.92 Å². The Morgan fingerprint density at radius 1 is 1.06 bits per heavy atom. The van der Waals surface area contributed by atoms with Gasteiger partial charge in [-0.3, -0.25) is 14.9 Å². The average molecular weight is 487 g/mol. The van der Waals surface area contributed by atoms with E-state index >= 15 is 0 Å². The van der Waals surface area contributed by atoms with Gasteiger partial charge in [-0.05, 0) is 60.4 Å². The van der Waals surface area contributed by atoms with Crippen LogP contribution in [0.3, 0.4) is 0 Å². The molecule has 0 atom stereocenters. The fourth-order valence-electron chi connectivity index (χ4n) is 4.03. The molecule has 0 aliphatic carbocycles. The molecular weight excluding hydrogens is 460 g/mol. The van der Waals surface area contributed by atoms with Gasteiger partial charge in [0.1, 0.15) is 5.75 Å². The lowest BCUT2D eigenvalue weighted by Crippen LogP contribution is -2.20. The molecule has 0 N–H and O–H groups in total. The zero-order chi connectivity index (χ0) is 26.0. The smallest absolute Gasteiger partial charge is 0.311 e. The maximum atomic E-state index is 13.5. The van der Waals surface area contributed by atoms with Crippen molar-refractivity contribution in [1.29, 1.82) is 0 Å². The van der Waals surface area contributed by atoms with Gasteiger partial charge in [-0.15, -0.1) is 0 Å². The van der Waals surface area contributed by atoms with Crippen molar-refractivity contribution in [2.75, 3.05) is 14.2 Å². The third-order valence-electron chi connectivity index (χ3n) is 5.92. The Morgan fingerprint density at radius 3 is 2.44 bits per heavy atom. The number of nitrogens with zero attached hydrogens (tertiary/aromatic N) is 4. The van der Waals surface area contributed by atoms with Gasteiger partial charge < -0.3 is 9.47 Å². The van der Waals surface area contributed by atoms with Crippen molar-refractivity contribution in [1.82, 2.24) is 9.66 Å². The minimum absolute atomic E-state index is 0.137. The van der Waals surface area contributed by atoms with Crippen LogP contribution in [0.5, 0.6) is 11.5 Å². The molecule has 0 fully saturated rings. The van der Waals surface area contributed by atoms with Crippen molar-refractivity contribution < 1.29 is 14.4 Å². The van der Waals surface area contributed by atoms with Crippen LogP contribution < -0.4 is 15.0 Å². The van der Waals surface area contributed by atoms with Crippen LogP contribution >= 0.6 is 0 Å². The summed E-state index contributed by atoms with van der Waals surface area (Å²) in [5.41, 5.74) is 3.01. The predicted octanol–water partition coefficient (Wildman–Crippen LogP) is 5.30. The minimum atomic E-state index is -0.528. The Labute approximate surface area is 207 Å². The standard InChI is InChI=1S/C27H26N4O5/c1-16(2)20-14-21(17(3)12-25(20)36-5)26-29-22-9-7-6-8-19(22)27(32)30(26)28-15-18-10-11-24(35-4)23(13-18)31(33)34/h6-16H,1-5H3. The number of aromatic nitrogens is 2. The third kappa shape index (κ3) is 4.55. The topological polar surface area (TPSA) is 109 Å². The summed E-state index contributed by atoms with van der Waals surface area (Å²) in [5.74, 6) is 1.43. The minimum Gasteiger partial charge on any atom is -0.496 e. The van der Waals surface area contributed by atoms with Crippen LogP contribution in [0.25, 0.3) is 22.3 Å². The molecule has 0 aliphatic heterocycles. The first-order valence-corrected chi connectivity index (χ1v) is 11.3. The number of ether oxygens (including phenoxy) is 2. The fourth-order valence-corrected chi connectivity index (χ4v) is 4.03. The number of hydrogen-bond donors (Lipinski definition) is 0. The van der Waals surface area contributed by atoms with Crippen LogP contribution in [0, 0.1) is 17.0 Å². The number of nitro groups is 1. The molecule has 9 nitrogen and oxygen atoms in total. The van der Waals surface area contributed by atoms with E-state index in [4.69, 9.17) is 14.5 Å². The second-order valence-corrected chi connectivity index (χ2v) is 8.57. The average Bonchev–Trinajstić information content (AvgIpc) is 2.87. The molecule has 0 radical (unpaired) electrons. The van der Waals surface area contributed by atoms with E-state index in [0.717, 1.165) is 22.4 Å². The molecule has 0 saturated carbocycles. The molecule has 184 valence electrons. The van der Waals surface area contributed by atoms with Gasteiger partial charge in [-0.2, -0.15) is 9.78 Å². The highest BCUT2D eigenvalue weighted by Gasteiger charge is 2.19. The molecule has 0 spiro atoms. The van der Waals surface area contributed by atoms with Gasteiger partial charge >= 0.3 is 5.69 Å². The van der Waals surface area contributed by atoms with E-state index in [2.05, 4.69) is 18.9 Å².